The highest BCUT2D eigenvalue weighted by molar-refractivity contribution is 7.16. The van der Waals surface area contributed by atoms with E-state index in [4.69, 9.17) is 4.74 Å². The van der Waals surface area contributed by atoms with Crippen LogP contribution in [0, 0.1) is 6.92 Å². The Labute approximate surface area is 155 Å². The van der Waals surface area contributed by atoms with Crippen LogP contribution in [-0.2, 0) is 16.1 Å². The topological polar surface area (TPSA) is 80.3 Å². The molecule has 0 spiro atoms. The van der Waals surface area contributed by atoms with Crippen LogP contribution in [0.15, 0.2) is 17.5 Å². The largest absolute Gasteiger partial charge is 0.444 e. The maximum atomic E-state index is 11.9. The summed E-state index contributed by atoms with van der Waals surface area (Å²) in [6.45, 7) is 8.08. The fourth-order valence-electron chi connectivity index (χ4n) is 1.95. The number of aryl methyl sites for hydroxylation is 1. The molecule has 2 N–H and O–H groups in total. The van der Waals surface area contributed by atoms with Gasteiger partial charge in [0.15, 0.2) is 0 Å². The number of nitrogens with zero attached hydrogens (tertiary/aromatic N) is 1. The smallest absolute Gasteiger partial charge is 0.407 e. The second-order valence-electron chi connectivity index (χ2n) is 6.47. The molecule has 25 heavy (non-hydrogen) atoms. The molecule has 2 rings (SSSR count). The molecule has 8 heteroatoms. The Bertz CT molecular complexity index is 732. The molecule has 0 aliphatic rings. The number of aromatic nitrogens is 1. The van der Waals surface area contributed by atoms with E-state index in [1.54, 1.807) is 43.4 Å². The molecule has 0 aliphatic carbocycles. The van der Waals surface area contributed by atoms with Crippen LogP contribution in [0.3, 0.4) is 0 Å². The zero-order valence-corrected chi connectivity index (χ0v) is 16.5. The molecule has 136 valence electrons. The van der Waals surface area contributed by atoms with E-state index >= 15 is 0 Å². The van der Waals surface area contributed by atoms with E-state index in [-0.39, 0.29) is 18.9 Å². The van der Waals surface area contributed by atoms with Crippen molar-refractivity contribution in [2.45, 2.75) is 46.3 Å². The van der Waals surface area contributed by atoms with Crippen molar-refractivity contribution in [3.8, 4) is 10.6 Å². The Morgan fingerprint density at radius 3 is 2.64 bits per heavy atom. The molecule has 0 radical (unpaired) electrons. The zero-order valence-electron chi connectivity index (χ0n) is 14.8. The Kier molecular flexibility index (Phi) is 6.55. The third-order valence-electron chi connectivity index (χ3n) is 3.01. The standard InChI is InChI=1S/C17H23N3O3S2/c1-11-20-13(10-24-11)14-6-5-12(25-14)9-19-15(21)7-8-18-16(22)23-17(2,3)4/h5-6,10H,7-9H2,1-4H3,(H,18,22)(H,19,21). The number of thiazole rings is 1. The maximum absolute atomic E-state index is 11.9. The van der Waals surface area contributed by atoms with E-state index in [1.807, 2.05) is 24.4 Å². The number of nitrogens with one attached hydrogen (secondary N) is 2. The number of amides is 2. The maximum Gasteiger partial charge on any atom is 0.407 e. The first-order chi connectivity index (χ1) is 11.7. The number of alkyl carbamates (subject to hydrolysis) is 1. The van der Waals surface area contributed by atoms with Gasteiger partial charge in [-0.25, -0.2) is 9.78 Å². The Morgan fingerprint density at radius 2 is 2.00 bits per heavy atom. The highest BCUT2D eigenvalue weighted by atomic mass is 32.1. The van der Waals surface area contributed by atoms with Crippen molar-refractivity contribution in [2.75, 3.05) is 6.54 Å². The van der Waals surface area contributed by atoms with E-state index in [1.165, 1.54) is 0 Å². The normalized spacial score (nSPS) is 11.2. The average molecular weight is 382 g/mol. The van der Waals surface area contributed by atoms with Crippen LogP contribution in [0.4, 0.5) is 4.79 Å². The molecule has 0 aliphatic heterocycles. The van der Waals surface area contributed by atoms with Gasteiger partial charge in [0.2, 0.25) is 5.91 Å². The summed E-state index contributed by atoms with van der Waals surface area (Å²) in [4.78, 5) is 30.0. The van der Waals surface area contributed by atoms with Gasteiger partial charge in [-0.1, -0.05) is 0 Å². The number of hydrogen-bond donors (Lipinski definition) is 2. The predicted octanol–water partition coefficient (Wildman–Crippen LogP) is 3.71. The lowest BCUT2D eigenvalue weighted by Gasteiger charge is -2.19. The van der Waals surface area contributed by atoms with Crippen LogP contribution in [0.1, 0.15) is 37.1 Å². The van der Waals surface area contributed by atoms with Crippen molar-refractivity contribution in [1.29, 1.82) is 0 Å². The van der Waals surface area contributed by atoms with Crippen molar-refractivity contribution in [3.63, 3.8) is 0 Å². The van der Waals surface area contributed by atoms with E-state index < -0.39 is 11.7 Å². The lowest BCUT2D eigenvalue weighted by atomic mass is 10.2. The first kappa shape index (κ1) is 19.4. The van der Waals surface area contributed by atoms with Gasteiger partial charge in [-0.15, -0.1) is 22.7 Å². The fraction of sp³-hybridized carbons (Fsp3) is 0.471. The molecule has 2 aromatic heterocycles. The van der Waals surface area contributed by atoms with Crippen molar-refractivity contribution in [1.82, 2.24) is 15.6 Å². The lowest BCUT2D eigenvalue weighted by Crippen LogP contribution is -2.35. The minimum atomic E-state index is -0.543. The number of carbonyl (C=O) groups excluding carboxylic acids is 2. The van der Waals surface area contributed by atoms with Crippen LogP contribution in [-0.4, -0.2) is 29.1 Å². The molecule has 0 atom stereocenters. The summed E-state index contributed by atoms with van der Waals surface area (Å²) in [5, 5.41) is 8.49. The van der Waals surface area contributed by atoms with Gasteiger partial charge in [0, 0.05) is 23.2 Å². The Hall–Kier alpha value is -1.93. The minimum absolute atomic E-state index is 0.115. The lowest BCUT2D eigenvalue weighted by molar-refractivity contribution is -0.121. The summed E-state index contributed by atoms with van der Waals surface area (Å²) >= 11 is 3.24. The molecule has 0 fully saturated rings. The van der Waals surface area contributed by atoms with Gasteiger partial charge in [-0.3, -0.25) is 4.79 Å². The molecule has 0 bridgehead atoms. The SMILES string of the molecule is Cc1nc(-c2ccc(CNC(=O)CCNC(=O)OC(C)(C)C)s2)cs1. The van der Waals surface area contributed by atoms with E-state index in [0.717, 1.165) is 20.5 Å². The highest BCUT2D eigenvalue weighted by Crippen LogP contribution is 2.28. The molecule has 6 nitrogen and oxygen atoms in total. The quantitative estimate of drug-likeness (QED) is 0.799. The van der Waals surface area contributed by atoms with Gasteiger partial charge in [0.1, 0.15) is 5.60 Å². The van der Waals surface area contributed by atoms with Crippen LogP contribution in [0.5, 0.6) is 0 Å². The molecule has 0 saturated heterocycles. The monoisotopic (exact) mass is 381 g/mol. The number of rotatable bonds is 6. The molecule has 2 amide bonds. The third kappa shape index (κ3) is 6.83. The highest BCUT2D eigenvalue weighted by Gasteiger charge is 2.15. The van der Waals surface area contributed by atoms with Crippen molar-refractivity contribution >= 4 is 34.7 Å². The molecule has 0 aromatic carbocycles. The van der Waals surface area contributed by atoms with Crippen LogP contribution >= 0.6 is 22.7 Å². The summed E-state index contributed by atoms with van der Waals surface area (Å²) < 4.78 is 5.11. The van der Waals surface area contributed by atoms with E-state index in [2.05, 4.69) is 15.6 Å². The molecule has 0 unspecified atom stereocenters. The molecular weight excluding hydrogens is 358 g/mol. The van der Waals surface area contributed by atoms with Gasteiger partial charge in [0.25, 0.3) is 0 Å². The molecule has 2 heterocycles. The summed E-state index contributed by atoms with van der Waals surface area (Å²) in [5.74, 6) is -0.115. The van der Waals surface area contributed by atoms with Gasteiger partial charge in [0.05, 0.1) is 22.1 Å². The first-order valence-corrected chi connectivity index (χ1v) is 9.67. The summed E-state index contributed by atoms with van der Waals surface area (Å²) in [5.41, 5.74) is 0.436. The Morgan fingerprint density at radius 1 is 1.24 bits per heavy atom. The van der Waals surface area contributed by atoms with Gasteiger partial charge in [-0.05, 0) is 39.8 Å². The molecule has 2 aromatic rings. The van der Waals surface area contributed by atoms with Crippen molar-refractivity contribution < 1.29 is 14.3 Å². The van der Waals surface area contributed by atoms with Gasteiger partial charge in [-0.2, -0.15) is 0 Å². The minimum Gasteiger partial charge on any atom is -0.444 e. The second-order valence-corrected chi connectivity index (χ2v) is 8.70. The number of ether oxygens (including phenoxy) is 1. The first-order valence-electron chi connectivity index (χ1n) is 7.98. The van der Waals surface area contributed by atoms with Crippen molar-refractivity contribution in [2.24, 2.45) is 0 Å². The van der Waals surface area contributed by atoms with Crippen molar-refractivity contribution in [3.05, 3.63) is 27.4 Å². The van der Waals surface area contributed by atoms with E-state index in [9.17, 15) is 9.59 Å². The van der Waals surface area contributed by atoms with Gasteiger partial charge >= 0.3 is 6.09 Å². The summed E-state index contributed by atoms with van der Waals surface area (Å²) in [6, 6.07) is 4.01. The van der Waals surface area contributed by atoms with Crippen LogP contribution in [0.25, 0.3) is 10.6 Å². The van der Waals surface area contributed by atoms with Gasteiger partial charge < -0.3 is 15.4 Å². The summed E-state index contributed by atoms with van der Waals surface area (Å²) in [7, 11) is 0. The van der Waals surface area contributed by atoms with E-state index in [0.29, 0.717) is 6.54 Å². The van der Waals surface area contributed by atoms with Crippen LogP contribution < -0.4 is 10.6 Å². The number of hydrogen-bond acceptors (Lipinski definition) is 6. The predicted molar refractivity (Wildman–Crippen MR) is 101 cm³/mol. The Balaban J connectivity index is 1.70. The molecular formula is C17H23N3O3S2. The number of thiophene rings is 1. The average Bonchev–Trinajstić information content (AvgIpc) is 3.12. The number of carbonyl (C=O) groups is 2. The fourth-order valence-corrected chi connectivity index (χ4v) is 3.55. The third-order valence-corrected chi connectivity index (χ3v) is 4.89. The zero-order chi connectivity index (χ0) is 18.4. The second kappa shape index (κ2) is 8.44. The molecule has 0 saturated carbocycles. The van der Waals surface area contributed by atoms with Crippen LogP contribution in [0.2, 0.25) is 0 Å². The summed E-state index contributed by atoms with van der Waals surface area (Å²) in [6.07, 6.45) is -0.301.